The highest BCUT2D eigenvalue weighted by molar-refractivity contribution is 7.25. The van der Waals surface area contributed by atoms with Gasteiger partial charge in [0.2, 0.25) is 0 Å². The smallest absolute Gasteiger partial charge is 0.153 e. The quantitative estimate of drug-likeness (QED) is 0.197. The molecule has 1 aliphatic rings. The number of nitriles is 2. The maximum atomic E-state index is 9.06. The van der Waals surface area contributed by atoms with E-state index < -0.39 is 0 Å². The zero-order valence-corrected chi connectivity index (χ0v) is 25.1. The van der Waals surface area contributed by atoms with Crippen LogP contribution in [0.4, 0.5) is 11.4 Å². The Morgan fingerprint density at radius 1 is 0.951 bits per heavy atom. The van der Waals surface area contributed by atoms with E-state index in [1.54, 1.807) is 17.4 Å². The third-order valence-corrected chi connectivity index (χ3v) is 9.45. The Balaban J connectivity index is 1.37. The first-order chi connectivity index (χ1) is 19.7. The van der Waals surface area contributed by atoms with Gasteiger partial charge >= 0.3 is 0 Å². The lowest BCUT2D eigenvalue weighted by Gasteiger charge is -2.29. The number of fused-ring (bicyclic) bond motifs is 3. The molecule has 41 heavy (non-hydrogen) atoms. The Kier molecular flexibility index (Phi) is 6.91. The molecule has 0 saturated carbocycles. The zero-order valence-electron chi connectivity index (χ0n) is 23.4. The van der Waals surface area contributed by atoms with Crippen molar-refractivity contribution in [3.05, 3.63) is 101 Å². The molecule has 0 bridgehead atoms. The fourth-order valence-electron chi connectivity index (χ4n) is 5.03. The van der Waals surface area contributed by atoms with Crippen LogP contribution in [0.1, 0.15) is 44.6 Å². The van der Waals surface area contributed by atoms with E-state index >= 15 is 0 Å². The van der Waals surface area contributed by atoms with Crippen molar-refractivity contribution in [1.29, 1.82) is 10.5 Å². The molecule has 0 unspecified atom stereocenters. The first kappa shape index (κ1) is 26.8. The van der Waals surface area contributed by atoms with Crippen molar-refractivity contribution >= 4 is 60.5 Å². The number of anilines is 2. The number of thiophene rings is 2. The molecule has 3 aromatic heterocycles. The van der Waals surface area contributed by atoms with Crippen LogP contribution in [0.25, 0.3) is 37.1 Å². The molecule has 202 valence electrons. The largest absolute Gasteiger partial charge is 0.454 e. The molecule has 0 radical (unpaired) electrons. The van der Waals surface area contributed by atoms with Crippen LogP contribution < -0.4 is 4.90 Å². The molecule has 0 aliphatic heterocycles. The normalized spacial score (nSPS) is 15.0. The van der Waals surface area contributed by atoms with Crippen molar-refractivity contribution in [2.45, 2.75) is 39.5 Å². The number of hydrogen-bond acceptors (Lipinski definition) is 6. The lowest BCUT2D eigenvalue weighted by atomic mass is 9.87. The summed E-state index contributed by atoms with van der Waals surface area (Å²) in [7, 11) is 0. The molecule has 3 heterocycles. The molecule has 0 N–H and O–H groups in total. The minimum absolute atomic E-state index is 0.0915. The van der Waals surface area contributed by atoms with Crippen molar-refractivity contribution in [2.24, 2.45) is 5.92 Å². The highest BCUT2D eigenvalue weighted by Gasteiger charge is 2.20. The Bertz CT molecular complexity index is 1930. The van der Waals surface area contributed by atoms with Crippen LogP contribution in [0.2, 0.25) is 0 Å². The maximum Gasteiger partial charge on any atom is 0.153 e. The minimum Gasteiger partial charge on any atom is -0.454 e. The second kappa shape index (κ2) is 10.6. The lowest BCUT2D eigenvalue weighted by molar-refractivity contribution is 0.590. The SMILES string of the molecule is C[C@@H]1C=CC(N(c2ccc(C(C)(C)C)cc2)c2ccc3c(c2)sc2cc(-c4ccc(C=C(C#N)C#N)s4)oc23)=CC1. The van der Waals surface area contributed by atoms with Gasteiger partial charge < -0.3 is 9.32 Å². The summed E-state index contributed by atoms with van der Waals surface area (Å²) in [4.78, 5) is 4.16. The Morgan fingerprint density at radius 2 is 1.71 bits per heavy atom. The third kappa shape index (κ3) is 5.25. The summed E-state index contributed by atoms with van der Waals surface area (Å²) in [5.74, 6) is 1.34. The predicted octanol–water partition coefficient (Wildman–Crippen LogP) is 10.7. The number of benzene rings is 2. The summed E-state index contributed by atoms with van der Waals surface area (Å²) in [6.07, 6.45) is 9.49. The molecule has 0 fully saturated rings. The molecule has 1 atom stereocenters. The molecule has 0 saturated heterocycles. The van der Waals surface area contributed by atoms with Crippen molar-refractivity contribution < 1.29 is 4.42 Å². The fraction of sp³-hybridized carbons (Fsp3) is 0.200. The second-order valence-electron chi connectivity index (χ2n) is 11.4. The minimum atomic E-state index is 0.0915. The van der Waals surface area contributed by atoms with Crippen LogP contribution >= 0.6 is 22.7 Å². The van der Waals surface area contributed by atoms with Crippen LogP contribution in [0.5, 0.6) is 0 Å². The molecule has 5 aromatic rings. The summed E-state index contributed by atoms with van der Waals surface area (Å²) < 4.78 is 8.64. The Morgan fingerprint density at radius 3 is 2.39 bits per heavy atom. The molecule has 1 aliphatic carbocycles. The van der Waals surface area contributed by atoms with Crippen LogP contribution in [0.15, 0.2) is 94.6 Å². The molecule has 6 rings (SSSR count). The molecule has 0 spiro atoms. The summed E-state index contributed by atoms with van der Waals surface area (Å²) >= 11 is 3.23. The number of rotatable bonds is 5. The Hall–Kier alpha value is -4.36. The van der Waals surface area contributed by atoms with Gasteiger partial charge in [0.1, 0.15) is 23.5 Å². The Labute approximate surface area is 248 Å². The maximum absolute atomic E-state index is 9.06. The topological polar surface area (TPSA) is 64.0 Å². The van der Waals surface area contributed by atoms with Crippen LogP contribution in [0, 0.1) is 28.6 Å². The van der Waals surface area contributed by atoms with Crippen LogP contribution in [-0.4, -0.2) is 0 Å². The van der Waals surface area contributed by atoms with Gasteiger partial charge in [0.05, 0.1) is 9.58 Å². The van der Waals surface area contributed by atoms with Gasteiger partial charge in [-0.25, -0.2) is 0 Å². The van der Waals surface area contributed by atoms with Gasteiger partial charge in [-0.15, -0.1) is 22.7 Å². The number of allylic oxidation sites excluding steroid dienone is 4. The van der Waals surface area contributed by atoms with Crippen LogP contribution in [0.3, 0.4) is 0 Å². The molecular weight excluding hydrogens is 543 g/mol. The van der Waals surface area contributed by atoms with E-state index in [1.807, 2.05) is 24.3 Å². The van der Waals surface area contributed by atoms with Crippen molar-refractivity contribution in [2.75, 3.05) is 4.90 Å². The molecule has 6 heteroatoms. The highest BCUT2D eigenvalue weighted by atomic mass is 32.1. The number of nitrogens with zero attached hydrogens (tertiary/aromatic N) is 3. The van der Waals surface area contributed by atoms with E-state index in [-0.39, 0.29) is 11.0 Å². The predicted molar refractivity (Wildman–Crippen MR) is 172 cm³/mol. The number of hydrogen-bond donors (Lipinski definition) is 0. The fourth-order valence-corrected chi connectivity index (χ4v) is 7.04. The summed E-state index contributed by atoms with van der Waals surface area (Å²) in [6.45, 7) is 8.98. The highest BCUT2D eigenvalue weighted by Crippen LogP contribution is 2.43. The van der Waals surface area contributed by atoms with Crippen molar-refractivity contribution in [3.63, 3.8) is 0 Å². The third-order valence-electron chi connectivity index (χ3n) is 7.33. The van der Waals surface area contributed by atoms with E-state index in [1.165, 1.54) is 27.3 Å². The van der Waals surface area contributed by atoms with Gasteiger partial charge in [-0.2, -0.15) is 10.5 Å². The standard InChI is InChI=1S/C35H29N3OS2/c1-22-5-9-25(10-6-22)38(26-11-7-24(8-12-26)35(2,3)4)27-13-15-29-32(18-27)41-33-19-30(39-34(29)33)31-16-14-28(40-31)17-23(20-36)21-37/h5,7-19,22H,6H2,1-4H3/t22-/m1/s1. The van der Waals surface area contributed by atoms with E-state index in [0.29, 0.717) is 5.92 Å². The van der Waals surface area contributed by atoms with E-state index in [4.69, 9.17) is 14.9 Å². The van der Waals surface area contributed by atoms with Crippen molar-refractivity contribution in [3.8, 4) is 22.8 Å². The lowest BCUT2D eigenvalue weighted by Crippen LogP contribution is -2.18. The van der Waals surface area contributed by atoms with Gasteiger partial charge in [-0.1, -0.05) is 52.0 Å². The van der Waals surface area contributed by atoms with Gasteiger partial charge in [0.25, 0.3) is 0 Å². The van der Waals surface area contributed by atoms with E-state index in [9.17, 15) is 0 Å². The molecular formula is C35H29N3OS2. The van der Waals surface area contributed by atoms with Gasteiger partial charge in [-0.3, -0.25) is 0 Å². The van der Waals surface area contributed by atoms with E-state index in [0.717, 1.165) is 49.0 Å². The average Bonchev–Trinajstić information content (AvgIpc) is 3.67. The summed E-state index contributed by atoms with van der Waals surface area (Å²) in [6, 6.07) is 25.3. The van der Waals surface area contributed by atoms with Crippen molar-refractivity contribution in [1.82, 2.24) is 0 Å². The summed E-state index contributed by atoms with van der Waals surface area (Å²) in [5, 5.41) is 19.2. The summed E-state index contributed by atoms with van der Waals surface area (Å²) in [5.41, 5.74) is 5.85. The van der Waals surface area contributed by atoms with E-state index in [2.05, 4.69) is 99.4 Å². The van der Waals surface area contributed by atoms with Gasteiger partial charge in [-0.05, 0) is 77.9 Å². The molecule has 0 amide bonds. The molecule has 2 aromatic carbocycles. The average molecular weight is 572 g/mol. The number of furan rings is 1. The van der Waals surface area contributed by atoms with Gasteiger partial charge in [0, 0.05) is 38.1 Å². The second-order valence-corrected chi connectivity index (χ2v) is 13.6. The first-order valence-corrected chi connectivity index (χ1v) is 15.2. The van der Waals surface area contributed by atoms with Crippen LogP contribution in [-0.2, 0) is 5.41 Å². The monoisotopic (exact) mass is 571 g/mol. The van der Waals surface area contributed by atoms with Gasteiger partial charge in [0.15, 0.2) is 5.58 Å². The molecule has 4 nitrogen and oxygen atoms in total. The zero-order chi connectivity index (χ0) is 28.7. The first-order valence-electron chi connectivity index (χ1n) is 13.6.